The van der Waals surface area contributed by atoms with Crippen molar-refractivity contribution in [1.82, 2.24) is 10.8 Å². The predicted molar refractivity (Wildman–Crippen MR) is 52.0 cm³/mol. The van der Waals surface area contributed by atoms with Crippen LogP contribution in [0.25, 0.3) is 0 Å². The summed E-state index contributed by atoms with van der Waals surface area (Å²) in [4.78, 5) is 11.4. The fourth-order valence-corrected chi connectivity index (χ4v) is 0.814. The second-order valence-corrected chi connectivity index (χ2v) is 4.52. The van der Waals surface area contributed by atoms with Crippen LogP contribution in [0.1, 0.15) is 0 Å². The van der Waals surface area contributed by atoms with Gasteiger partial charge in [0.2, 0.25) is 0 Å². The minimum atomic E-state index is -0.0459. The van der Waals surface area contributed by atoms with Gasteiger partial charge < -0.3 is 0 Å². The predicted octanol–water partition coefficient (Wildman–Crippen LogP) is -1.61. The first-order chi connectivity index (χ1) is 5.66. The molecular weight excluding hydrogens is 167 g/mol. The summed E-state index contributed by atoms with van der Waals surface area (Å²) in [6.45, 7) is 0.298. The second kappa shape index (κ2) is 4.08. The van der Waals surface area contributed by atoms with Gasteiger partial charge in [0.05, 0.1) is 35.2 Å². The fourth-order valence-electron chi connectivity index (χ4n) is 0.814. The summed E-state index contributed by atoms with van der Waals surface area (Å²) >= 11 is 0. The topological polar surface area (TPSA) is 41.1 Å². The Bertz CT molecular complexity index is 187. The van der Waals surface area contributed by atoms with Gasteiger partial charge in [-0.05, 0) is 0 Å². The van der Waals surface area contributed by atoms with Crippen LogP contribution in [0.4, 0.5) is 0 Å². The molecule has 0 aliphatic carbocycles. The molecule has 0 saturated carbocycles. The van der Waals surface area contributed by atoms with Gasteiger partial charge in [-0.15, -0.1) is 0 Å². The minimum absolute atomic E-state index is 0.0459. The molecule has 74 valence electrons. The Labute approximate surface area is 81.2 Å². The van der Waals surface area contributed by atoms with Gasteiger partial charge in [-0.1, -0.05) is 0 Å². The Morgan fingerprint density at radius 2 is 1.69 bits per heavy atom. The van der Waals surface area contributed by atoms with E-state index in [0.717, 1.165) is 0 Å². The lowest BCUT2D eigenvalue weighted by Crippen LogP contribution is -2.59. The third-order valence-electron chi connectivity index (χ3n) is 1.35. The molecule has 0 bridgehead atoms. The van der Waals surface area contributed by atoms with Gasteiger partial charge >= 0.3 is 5.91 Å². The molecule has 5 nitrogen and oxygen atoms in total. The lowest BCUT2D eigenvalue weighted by Gasteiger charge is -2.29. The molecule has 0 unspecified atom stereocenters. The van der Waals surface area contributed by atoms with E-state index in [1.807, 2.05) is 35.2 Å². The Balaban J connectivity index is 4.03. The van der Waals surface area contributed by atoms with Crippen LogP contribution < -0.4 is 10.8 Å². The number of hydrogen-bond donors (Lipinski definition) is 2. The molecule has 0 heterocycles. The number of amides is 1. The van der Waals surface area contributed by atoms with Gasteiger partial charge in [0, 0.05) is 0 Å². The number of carbonyl (C=O) groups excluding carboxylic acids is 1. The Morgan fingerprint density at radius 3 is 2.00 bits per heavy atom. The first kappa shape index (κ1) is 12.4. The molecule has 2 N–H and O–H groups in total. The molecule has 0 aromatic heterocycles. The standard InChI is InChI=1S/C7H18BN4O/c1-11(2,3)9-7(13)6-12(4,5)10-8/h10H,6H2,1-5H3/q+1/p+1. The molecule has 0 aliphatic rings. The average molecular weight is 186 g/mol. The number of hydrogen-bond acceptors (Lipinski definition) is 2. The summed E-state index contributed by atoms with van der Waals surface area (Å²) in [5.41, 5.74) is 2.80. The zero-order valence-electron chi connectivity index (χ0n) is 9.09. The molecule has 13 heavy (non-hydrogen) atoms. The molecule has 0 rings (SSSR count). The largest absolute Gasteiger partial charge is 0.321 e. The van der Waals surface area contributed by atoms with E-state index >= 15 is 0 Å². The first-order valence-electron chi connectivity index (χ1n) is 4.10. The van der Waals surface area contributed by atoms with Crippen molar-refractivity contribution in [3.63, 3.8) is 0 Å². The van der Waals surface area contributed by atoms with Gasteiger partial charge in [0.1, 0.15) is 0 Å². The SMILES string of the molecule is [B]N[N+](C)(C)CC(=O)N[N+](C)(C)C. The molecule has 0 saturated heterocycles. The van der Waals surface area contributed by atoms with E-state index in [1.54, 1.807) is 0 Å². The fraction of sp³-hybridized carbons (Fsp3) is 0.857. The number of carbonyl (C=O) groups is 1. The maximum Gasteiger partial charge on any atom is 0.321 e. The van der Waals surface area contributed by atoms with Crippen LogP contribution in [0.15, 0.2) is 0 Å². The second-order valence-electron chi connectivity index (χ2n) is 4.52. The van der Waals surface area contributed by atoms with Crippen molar-refractivity contribution in [2.45, 2.75) is 0 Å². The van der Waals surface area contributed by atoms with Crippen molar-refractivity contribution in [1.29, 1.82) is 0 Å². The normalized spacial score (nSPS) is 12.7. The van der Waals surface area contributed by atoms with Crippen LogP contribution >= 0.6 is 0 Å². The third kappa shape index (κ3) is 6.56. The number of nitrogens with zero attached hydrogens (tertiary/aromatic N) is 2. The van der Waals surface area contributed by atoms with Gasteiger partial charge in [0.25, 0.3) is 7.98 Å². The van der Waals surface area contributed by atoms with Crippen molar-refractivity contribution in [3.8, 4) is 0 Å². The zero-order valence-corrected chi connectivity index (χ0v) is 9.09. The van der Waals surface area contributed by atoms with E-state index in [1.165, 1.54) is 0 Å². The van der Waals surface area contributed by atoms with Crippen LogP contribution in [-0.2, 0) is 4.79 Å². The molecule has 0 spiro atoms. The molecule has 1 amide bonds. The average Bonchev–Trinajstić information content (AvgIpc) is 1.81. The molecular formula is C7H19BN4O+2. The maximum atomic E-state index is 11.4. The summed E-state index contributed by atoms with van der Waals surface area (Å²) in [6.07, 6.45) is 0. The number of likely N-dealkylation sites (N-methyl/N-ethyl adjacent to an activating group) is 1. The highest BCUT2D eigenvalue weighted by molar-refractivity contribution is 6.03. The maximum absolute atomic E-state index is 11.4. The summed E-state index contributed by atoms with van der Waals surface area (Å²) < 4.78 is 0.662. The summed E-state index contributed by atoms with van der Waals surface area (Å²) in [7, 11) is 14.5. The molecule has 6 heteroatoms. The molecule has 0 aliphatic heterocycles. The minimum Gasteiger partial charge on any atom is -0.263 e. The van der Waals surface area contributed by atoms with Crippen LogP contribution in [0, 0.1) is 0 Å². The van der Waals surface area contributed by atoms with Crippen molar-refractivity contribution in [3.05, 3.63) is 0 Å². The zero-order chi connectivity index (χ0) is 10.7. The quantitative estimate of drug-likeness (QED) is 0.315. The highest BCUT2D eigenvalue weighted by atomic mass is 16.2. The smallest absolute Gasteiger partial charge is 0.263 e. The number of rotatable bonds is 4. The van der Waals surface area contributed by atoms with Gasteiger partial charge in [-0.25, -0.2) is 9.93 Å². The van der Waals surface area contributed by atoms with E-state index in [2.05, 4.69) is 10.8 Å². The number of nitrogens with one attached hydrogen (secondary N) is 2. The molecule has 2 radical (unpaired) electrons. The van der Waals surface area contributed by atoms with Crippen LogP contribution in [0.5, 0.6) is 0 Å². The van der Waals surface area contributed by atoms with Gasteiger partial charge in [-0.3, -0.25) is 9.39 Å². The summed E-state index contributed by atoms with van der Waals surface area (Å²) in [6, 6.07) is 0. The van der Waals surface area contributed by atoms with Crippen LogP contribution in [-0.4, -0.2) is 64.9 Å². The van der Waals surface area contributed by atoms with Crippen LogP contribution in [0.2, 0.25) is 0 Å². The Morgan fingerprint density at radius 1 is 1.23 bits per heavy atom. The van der Waals surface area contributed by atoms with Gasteiger partial charge in [-0.2, -0.15) is 5.43 Å². The van der Waals surface area contributed by atoms with E-state index in [0.29, 0.717) is 11.1 Å². The molecule has 0 atom stereocenters. The highest BCUT2D eigenvalue weighted by Crippen LogP contribution is 1.90. The summed E-state index contributed by atoms with van der Waals surface area (Å²) in [5, 5.41) is 2.53. The molecule has 0 aromatic carbocycles. The molecule has 0 fully saturated rings. The monoisotopic (exact) mass is 186 g/mol. The van der Waals surface area contributed by atoms with E-state index in [-0.39, 0.29) is 10.5 Å². The van der Waals surface area contributed by atoms with E-state index in [4.69, 9.17) is 7.98 Å². The lowest BCUT2D eigenvalue weighted by molar-refractivity contribution is -0.923. The number of quaternary nitrogens is 2. The molecule has 0 aromatic rings. The Hall–Kier alpha value is -0.585. The van der Waals surface area contributed by atoms with Crippen molar-refractivity contribution >= 4 is 13.9 Å². The summed E-state index contributed by atoms with van der Waals surface area (Å²) in [5.74, 6) is -0.0459. The van der Waals surface area contributed by atoms with Crippen molar-refractivity contribution in [2.75, 3.05) is 41.8 Å². The van der Waals surface area contributed by atoms with E-state index in [9.17, 15) is 4.79 Å². The third-order valence-corrected chi connectivity index (χ3v) is 1.35. The van der Waals surface area contributed by atoms with Crippen molar-refractivity contribution in [2.24, 2.45) is 0 Å². The Kier molecular flexibility index (Phi) is 3.90. The van der Waals surface area contributed by atoms with E-state index < -0.39 is 0 Å². The first-order valence-corrected chi connectivity index (χ1v) is 4.10. The lowest BCUT2D eigenvalue weighted by atomic mass is 10.4. The highest BCUT2D eigenvalue weighted by Gasteiger charge is 2.21. The van der Waals surface area contributed by atoms with Crippen molar-refractivity contribution < 1.29 is 14.0 Å². The van der Waals surface area contributed by atoms with Gasteiger partial charge in [0.15, 0.2) is 6.54 Å². The van der Waals surface area contributed by atoms with Crippen LogP contribution in [0.3, 0.4) is 0 Å².